The SMILES string of the molecule is CCC(=O)C1=C(O)C(=O)N(CCOC)C1c1cccc(OC(C)C)c1. The van der Waals surface area contributed by atoms with E-state index in [1.807, 2.05) is 32.0 Å². The number of Topliss-reactive ketones (excluding diaryl/α,β-unsaturated/α-hetero) is 1. The average Bonchev–Trinajstić information content (AvgIpc) is 2.83. The number of nitrogens with zero attached hydrogens (tertiary/aromatic N) is 1. The fraction of sp³-hybridized carbons (Fsp3) is 0.474. The van der Waals surface area contributed by atoms with E-state index in [1.165, 1.54) is 12.0 Å². The second-order valence-corrected chi connectivity index (χ2v) is 6.17. The van der Waals surface area contributed by atoms with E-state index in [0.717, 1.165) is 5.56 Å². The molecule has 0 spiro atoms. The monoisotopic (exact) mass is 347 g/mol. The van der Waals surface area contributed by atoms with Crippen LogP contribution >= 0.6 is 0 Å². The van der Waals surface area contributed by atoms with Crippen LogP contribution in [0.5, 0.6) is 5.75 Å². The number of aliphatic hydroxyl groups is 1. The number of rotatable bonds is 8. The number of ketones is 1. The lowest BCUT2D eigenvalue weighted by Crippen LogP contribution is -2.34. The number of aliphatic hydroxyl groups excluding tert-OH is 1. The summed E-state index contributed by atoms with van der Waals surface area (Å²) in [6, 6.07) is 6.64. The summed E-state index contributed by atoms with van der Waals surface area (Å²) in [5.41, 5.74) is 0.869. The van der Waals surface area contributed by atoms with Crippen LogP contribution in [0.25, 0.3) is 0 Å². The molecule has 1 heterocycles. The molecule has 1 aliphatic rings. The first-order chi connectivity index (χ1) is 11.9. The molecule has 1 aliphatic heterocycles. The molecule has 0 radical (unpaired) electrons. The summed E-state index contributed by atoms with van der Waals surface area (Å²) in [7, 11) is 1.54. The Kier molecular flexibility index (Phi) is 6.20. The van der Waals surface area contributed by atoms with Crippen molar-refractivity contribution in [3.05, 3.63) is 41.2 Å². The molecule has 1 unspecified atom stereocenters. The molecular formula is C19H25NO5. The number of hydrogen-bond acceptors (Lipinski definition) is 5. The zero-order valence-electron chi connectivity index (χ0n) is 15.1. The van der Waals surface area contributed by atoms with Crippen molar-refractivity contribution in [1.29, 1.82) is 0 Å². The van der Waals surface area contributed by atoms with Crippen LogP contribution < -0.4 is 4.74 Å². The average molecular weight is 347 g/mol. The molecule has 1 aromatic rings. The van der Waals surface area contributed by atoms with E-state index >= 15 is 0 Å². The molecule has 0 saturated heterocycles. The lowest BCUT2D eigenvalue weighted by Gasteiger charge is -2.27. The van der Waals surface area contributed by atoms with Crippen LogP contribution in [0.4, 0.5) is 0 Å². The zero-order valence-corrected chi connectivity index (χ0v) is 15.1. The number of carbonyl (C=O) groups is 2. The molecule has 0 aliphatic carbocycles. The summed E-state index contributed by atoms with van der Waals surface area (Å²) in [5.74, 6) is -0.607. The molecule has 0 bridgehead atoms. The fourth-order valence-electron chi connectivity index (χ4n) is 2.93. The van der Waals surface area contributed by atoms with Gasteiger partial charge >= 0.3 is 0 Å². The molecule has 0 aromatic heterocycles. The molecule has 1 aromatic carbocycles. The van der Waals surface area contributed by atoms with E-state index in [1.54, 1.807) is 13.0 Å². The standard InChI is InChI=1S/C19H25NO5/c1-5-15(21)16-17(20(9-10-24-4)19(23)18(16)22)13-7-6-8-14(11-13)25-12(2)3/h6-8,11-12,17,22H,5,9-10H2,1-4H3. The molecule has 0 saturated carbocycles. The van der Waals surface area contributed by atoms with Crippen LogP contribution in [-0.4, -0.2) is 48.1 Å². The Hall–Kier alpha value is -2.34. The van der Waals surface area contributed by atoms with Crippen molar-refractivity contribution in [3.63, 3.8) is 0 Å². The molecule has 1 N–H and O–H groups in total. The van der Waals surface area contributed by atoms with Crippen LogP contribution in [0.15, 0.2) is 35.6 Å². The van der Waals surface area contributed by atoms with Gasteiger partial charge in [0, 0.05) is 20.1 Å². The zero-order chi connectivity index (χ0) is 18.6. The van der Waals surface area contributed by atoms with Gasteiger partial charge in [-0.05, 0) is 31.5 Å². The number of amides is 1. The fourth-order valence-corrected chi connectivity index (χ4v) is 2.93. The van der Waals surface area contributed by atoms with Gasteiger partial charge in [0.25, 0.3) is 5.91 Å². The van der Waals surface area contributed by atoms with Crippen LogP contribution in [0.1, 0.15) is 38.8 Å². The molecule has 136 valence electrons. The smallest absolute Gasteiger partial charge is 0.290 e. The highest BCUT2D eigenvalue weighted by atomic mass is 16.5. The van der Waals surface area contributed by atoms with Crippen molar-refractivity contribution in [2.45, 2.75) is 39.3 Å². The Balaban J connectivity index is 2.47. The number of hydrogen-bond donors (Lipinski definition) is 1. The van der Waals surface area contributed by atoms with Gasteiger partial charge < -0.3 is 19.5 Å². The first-order valence-electron chi connectivity index (χ1n) is 8.43. The second kappa shape index (κ2) is 8.16. The molecular weight excluding hydrogens is 322 g/mol. The van der Waals surface area contributed by atoms with Gasteiger partial charge in [0.1, 0.15) is 5.75 Å². The predicted octanol–water partition coefficient (Wildman–Crippen LogP) is 2.79. The number of carbonyl (C=O) groups excluding carboxylic acids is 2. The van der Waals surface area contributed by atoms with Crippen molar-refractivity contribution in [2.24, 2.45) is 0 Å². The molecule has 25 heavy (non-hydrogen) atoms. The van der Waals surface area contributed by atoms with E-state index in [2.05, 4.69) is 0 Å². The summed E-state index contributed by atoms with van der Waals surface area (Å²) in [6.07, 6.45) is 0.217. The van der Waals surface area contributed by atoms with E-state index in [0.29, 0.717) is 12.4 Å². The minimum absolute atomic E-state index is 0.00532. The summed E-state index contributed by atoms with van der Waals surface area (Å²) >= 11 is 0. The summed E-state index contributed by atoms with van der Waals surface area (Å²) in [5, 5.41) is 10.3. The normalized spacial score (nSPS) is 17.6. The Labute approximate surface area is 148 Å². The van der Waals surface area contributed by atoms with E-state index < -0.39 is 17.7 Å². The van der Waals surface area contributed by atoms with Gasteiger partial charge in [-0.15, -0.1) is 0 Å². The largest absolute Gasteiger partial charge is 0.503 e. The molecule has 1 amide bonds. The highest BCUT2D eigenvalue weighted by molar-refractivity contribution is 6.08. The third-order valence-corrected chi connectivity index (χ3v) is 4.01. The maximum atomic E-state index is 12.5. The lowest BCUT2D eigenvalue weighted by molar-refractivity contribution is -0.130. The Morgan fingerprint density at radius 1 is 1.36 bits per heavy atom. The number of ether oxygens (including phenoxy) is 2. The number of methoxy groups -OCH3 is 1. The van der Waals surface area contributed by atoms with Crippen molar-refractivity contribution in [3.8, 4) is 5.75 Å². The quantitative estimate of drug-likeness (QED) is 0.782. The van der Waals surface area contributed by atoms with Crippen molar-refractivity contribution in [2.75, 3.05) is 20.3 Å². The third kappa shape index (κ3) is 4.02. The minimum Gasteiger partial charge on any atom is -0.503 e. The second-order valence-electron chi connectivity index (χ2n) is 6.17. The van der Waals surface area contributed by atoms with Gasteiger partial charge in [-0.2, -0.15) is 0 Å². The lowest BCUT2D eigenvalue weighted by atomic mass is 9.95. The van der Waals surface area contributed by atoms with Crippen molar-refractivity contribution >= 4 is 11.7 Å². The van der Waals surface area contributed by atoms with Crippen LogP contribution in [0.2, 0.25) is 0 Å². The van der Waals surface area contributed by atoms with Crippen molar-refractivity contribution in [1.82, 2.24) is 4.90 Å². The molecule has 6 heteroatoms. The Morgan fingerprint density at radius 2 is 2.08 bits per heavy atom. The highest BCUT2D eigenvalue weighted by Gasteiger charge is 2.42. The summed E-state index contributed by atoms with van der Waals surface area (Å²) in [4.78, 5) is 26.3. The van der Waals surface area contributed by atoms with Crippen LogP contribution in [-0.2, 0) is 14.3 Å². The van der Waals surface area contributed by atoms with E-state index in [4.69, 9.17) is 9.47 Å². The Morgan fingerprint density at radius 3 is 2.68 bits per heavy atom. The maximum Gasteiger partial charge on any atom is 0.290 e. The van der Waals surface area contributed by atoms with Crippen LogP contribution in [0, 0.1) is 0 Å². The maximum absolute atomic E-state index is 12.5. The Bertz CT molecular complexity index is 680. The molecule has 2 rings (SSSR count). The van der Waals surface area contributed by atoms with Crippen LogP contribution in [0.3, 0.4) is 0 Å². The van der Waals surface area contributed by atoms with Gasteiger partial charge in [0.15, 0.2) is 11.5 Å². The third-order valence-electron chi connectivity index (χ3n) is 4.01. The van der Waals surface area contributed by atoms with Gasteiger partial charge in [0.2, 0.25) is 0 Å². The van der Waals surface area contributed by atoms with E-state index in [-0.39, 0.29) is 30.4 Å². The number of benzene rings is 1. The first kappa shape index (κ1) is 19.0. The summed E-state index contributed by atoms with van der Waals surface area (Å²) in [6.45, 7) is 6.15. The highest BCUT2D eigenvalue weighted by Crippen LogP contribution is 2.39. The molecule has 0 fully saturated rings. The van der Waals surface area contributed by atoms with Gasteiger partial charge in [0.05, 0.1) is 24.3 Å². The van der Waals surface area contributed by atoms with E-state index in [9.17, 15) is 14.7 Å². The van der Waals surface area contributed by atoms with Gasteiger partial charge in [-0.1, -0.05) is 19.1 Å². The first-order valence-corrected chi connectivity index (χ1v) is 8.43. The minimum atomic E-state index is -0.634. The topological polar surface area (TPSA) is 76.1 Å². The molecule has 6 nitrogen and oxygen atoms in total. The predicted molar refractivity (Wildman–Crippen MR) is 93.5 cm³/mol. The summed E-state index contributed by atoms with van der Waals surface area (Å²) < 4.78 is 10.8. The molecule has 1 atom stereocenters. The van der Waals surface area contributed by atoms with Gasteiger partial charge in [-0.25, -0.2) is 0 Å². The van der Waals surface area contributed by atoms with Gasteiger partial charge in [-0.3, -0.25) is 9.59 Å². The van der Waals surface area contributed by atoms with Crippen molar-refractivity contribution < 1.29 is 24.2 Å².